The van der Waals surface area contributed by atoms with Crippen molar-refractivity contribution < 1.29 is 9.59 Å². The number of urea groups is 1. The van der Waals surface area contributed by atoms with E-state index in [1.807, 2.05) is 0 Å². The quantitative estimate of drug-likeness (QED) is 0.854. The Bertz CT molecular complexity index is 554. The number of amides is 3. The molecule has 1 aromatic carbocycles. The molecule has 1 aliphatic heterocycles. The van der Waals surface area contributed by atoms with E-state index in [9.17, 15) is 9.59 Å². The maximum absolute atomic E-state index is 12.2. The van der Waals surface area contributed by atoms with Gasteiger partial charge in [-0.25, -0.2) is 4.79 Å². The topological polar surface area (TPSA) is 64.7 Å². The van der Waals surface area contributed by atoms with Gasteiger partial charge in [-0.2, -0.15) is 0 Å². The van der Waals surface area contributed by atoms with E-state index in [1.165, 1.54) is 0 Å². The van der Waals surface area contributed by atoms with Gasteiger partial charge < -0.3 is 15.5 Å². The van der Waals surface area contributed by atoms with Crippen molar-refractivity contribution in [1.82, 2.24) is 15.1 Å². The van der Waals surface area contributed by atoms with Crippen LogP contribution < -0.4 is 10.6 Å². The van der Waals surface area contributed by atoms with Gasteiger partial charge in [-0.15, -0.1) is 0 Å². The van der Waals surface area contributed by atoms with Gasteiger partial charge in [-0.1, -0.05) is 25.4 Å². The number of hydrogen-bond donors (Lipinski definition) is 2. The predicted molar refractivity (Wildman–Crippen MR) is 96.3 cm³/mol. The Morgan fingerprint density at radius 2 is 1.75 bits per heavy atom. The zero-order chi connectivity index (χ0) is 17.5. The number of carbonyl (C=O) groups is 2. The van der Waals surface area contributed by atoms with Crippen molar-refractivity contribution >= 4 is 29.2 Å². The molecule has 6 nitrogen and oxygen atoms in total. The fourth-order valence-electron chi connectivity index (χ4n) is 2.42. The Labute approximate surface area is 148 Å². The van der Waals surface area contributed by atoms with Crippen molar-refractivity contribution in [2.75, 3.05) is 44.6 Å². The normalized spacial score (nSPS) is 15.4. The maximum Gasteiger partial charge on any atom is 0.321 e. The third-order valence-corrected chi connectivity index (χ3v) is 4.08. The lowest BCUT2D eigenvalue weighted by molar-refractivity contribution is -0.122. The molecule has 1 fully saturated rings. The van der Waals surface area contributed by atoms with Crippen LogP contribution in [-0.4, -0.2) is 61.0 Å². The zero-order valence-electron chi connectivity index (χ0n) is 14.2. The highest BCUT2D eigenvalue weighted by atomic mass is 35.5. The Morgan fingerprint density at radius 1 is 1.12 bits per heavy atom. The van der Waals surface area contributed by atoms with Gasteiger partial charge in [0.1, 0.15) is 0 Å². The fourth-order valence-corrected chi connectivity index (χ4v) is 2.55. The summed E-state index contributed by atoms with van der Waals surface area (Å²) in [6, 6.07) is 6.90. The molecule has 3 amide bonds. The lowest BCUT2D eigenvalue weighted by atomic mass is 10.2. The number of carbonyl (C=O) groups excluding carboxylic acids is 2. The first-order valence-electron chi connectivity index (χ1n) is 8.24. The molecule has 0 spiro atoms. The number of rotatable bonds is 5. The van der Waals surface area contributed by atoms with Gasteiger partial charge in [0.25, 0.3) is 0 Å². The third-order valence-electron chi connectivity index (χ3n) is 3.83. The molecule has 132 valence electrons. The number of nitrogens with one attached hydrogen (secondary N) is 2. The second-order valence-corrected chi connectivity index (χ2v) is 6.83. The third kappa shape index (κ3) is 6.02. The summed E-state index contributed by atoms with van der Waals surface area (Å²) in [5.41, 5.74) is 0.722. The molecule has 0 aromatic heterocycles. The molecule has 7 heteroatoms. The molecule has 0 atom stereocenters. The average Bonchev–Trinajstić information content (AvgIpc) is 2.55. The highest BCUT2D eigenvalue weighted by molar-refractivity contribution is 6.30. The second-order valence-electron chi connectivity index (χ2n) is 6.40. The first kappa shape index (κ1) is 18.5. The van der Waals surface area contributed by atoms with Crippen molar-refractivity contribution in [2.45, 2.75) is 13.8 Å². The zero-order valence-corrected chi connectivity index (χ0v) is 15.0. The summed E-state index contributed by atoms with van der Waals surface area (Å²) in [5, 5.41) is 6.41. The van der Waals surface area contributed by atoms with Crippen LogP contribution in [0.15, 0.2) is 24.3 Å². The molecular weight excluding hydrogens is 328 g/mol. The van der Waals surface area contributed by atoms with Gasteiger partial charge in [0.2, 0.25) is 5.91 Å². The Hall–Kier alpha value is -1.79. The molecule has 2 N–H and O–H groups in total. The van der Waals surface area contributed by atoms with Crippen LogP contribution in [0.5, 0.6) is 0 Å². The van der Waals surface area contributed by atoms with Crippen LogP contribution >= 0.6 is 11.6 Å². The van der Waals surface area contributed by atoms with Crippen molar-refractivity contribution in [3.8, 4) is 0 Å². The molecule has 0 bridgehead atoms. The molecule has 1 saturated heterocycles. The summed E-state index contributed by atoms with van der Waals surface area (Å²) in [6.45, 7) is 7.83. The van der Waals surface area contributed by atoms with Crippen LogP contribution in [0.3, 0.4) is 0 Å². The number of nitrogens with zero attached hydrogens (tertiary/aromatic N) is 2. The minimum Gasteiger partial charge on any atom is -0.355 e. The van der Waals surface area contributed by atoms with Crippen LogP contribution in [0.2, 0.25) is 5.02 Å². The first-order chi connectivity index (χ1) is 11.4. The molecule has 1 aliphatic rings. The Balaban J connectivity index is 1.72. The molecule has 24 heavy (non-hydrogen) atoms. The maximum atomic E-state index is 12.2. The number of benzene rings is 1. The van der Waals surface area contributed by atoms with Gasteiger partial charge in [0, 0.05) is 43.4 Å². The smallest absolute Gasteiger partial charge is 0.321 e. The number of anilines is 1. The van der Waals surface area contributed by atoms with Crippen LogP contribution in [0.4, 0.5) is 10.5 Å². The summed E-state index contributed by atoms with van der Waals surface area (Å²) in [4.78, 5) is 27.9. The fraction of sp³-hybridized carbons (Fsp3) is 0.529. The van der Waals surface area contributed by atoms with E-state index < -0.39 is 0 Å². The van der Waals surface area contributed by atoms with Crippen molar-refractivity contribution in [3.63, 3.8) is 0 Å². The highest BCUT2D eigenvalue weighted by Crippen LogP contribution is 2.14. The van der Waals surface area contributed by atoms with Crippen molar-refractivity contribution in [2.24, 2.45) is 5.92 Å². The van der Waals surface area contributed by atoms with E-state index in [-0.39, 0.29) is 11.9 Å². The number of hydrogen-bond acceptors (Lipinski definition) is 3. The van der Waals surface area contributed by atoms with Crippen LogP contribution in [0.25, 0.3) is 0 Å². The van der Waals surface area contributed by atoms with Crippen LogP contribution in [-0.2, 0) is 4.79 Å². The molecule has 0 radical (unpaired) electrons. The average molecular weight is 353 g/mol. The van der Waals surface area contributed by atoms with Gasteiger partial charge >= 0.3 is 6.03 Å². The SMILES string of the molecule is CC(C)CNC(=O)CN1CCN(C(=O)Nc2ccc(Cl)cc2)CC1. The predicted octanol–water partition coefficient (Wildman–Crippen LogP) is 2.26. The van der Waals surface area contributed by atoms with E-state index in [0.717, 1.165) is 5.69 Å². The van der Waals surface area contributed by atoms with E-state index in [0.29, 0.717) is 50.2 Å². The standard InChI is InChI=1S/C17H25ClN4O2/c1-13(2)11-19-16(23)12-21-7-9-22(10-8-21)17(24)20-15-5-3-14(18)4-6-15/h3-6,13H,7-12H2,1-2H3,(H,19,23)(H,20,24). The van der Waals surface area contributed by atoms with E-state index in [1.54, 1.807) is 29.2 Å². The van der Waals surface area contributed by atoms with Gasteiger partial charge in [0.05, 0.1) is 6.54 Å². The van der Waals surface area contributed by atoms with Crippen LogP contribution in [0.1, 0.15) is 13.8 Å². The lowest BCUT2D eigenvalue weighted by Crippen LogP contribution is -2.52. The number of halogens is 1. The first-order valence-corrected chi connectivity index (χ1v) is 8.62. The van der Waals surface area contributed by atoms with Crippen molar-refractivity contribution in [1.29, 1.82) is 0 Å². The lowest BCUT2D eigenvalue weighted by Gasteiger charge is -2.34. The van der Waals surface area contributed by atoms with Gasteiger partial charge in [-0.05, 0) is 30.2 Å². The molecule has 1 aromatic rings. The van der Waals surface area contributed by atoms with Crippen LogP contribution in [0, 0.1) is 5.92 Å². The minimum absolute atomic E-state index is 0.0442. The second kappa shape index (κ2) is 8.89. The highest BCUT2D eigenvalue weighted by Gasteiger charge is 2.22. The van der Waals surface area contributed by atoms with E-state index in [4.69, 9.17) is 11.6 Å². The summed E-state index contributed by atoms with van der Waals surface area (Å²) < 4.78 is 0. The Kier molecular flexibility index (Phi) is 6.87. The summed E-state index contributed by atoms with van der Waals surface area (Å²) >= 11 is 5.83. The molecule has 0 aliphatic carbocycles. The van der Waals surface area contributed by atoms with Gasteiger partial charge in [0.15, 0.2) is 0 Å². The molecule has 2 rings (SSSR count). The summed E-state index contributed by atoms with van der Waals surface area (Å²) in [7, 11) is 0. The number of piperazine rings is 1. The minimum atomic E-state index is -0.124. The van der Waals surface area contributed by atoms with Gasteiger partial charge in [-0.3, -0.25) is 9.69 Å². The molecular formula is C17H25ClN4O2. The van der Waals surface area contributed by atoms with Crippen molar-refractivity contribution in [3.05, 3.63) is 29.3 Å². The molecule has 1 heterocycles. The summed E-state index contributed by atoms with van der Waals surface area (Å²) in [6.07, 6.45) is 0. The van der Waals surface area contributed by atoms with E-state index >= 15 is 0 Å². The monoisotopic (exact) mass is 352 g/mol. The molecule has 0 saturated carbocycles. The summed E-state index contributed by atoms with van der Waals surface area (Å²) in [5.74, 6) is 0.491. The molecule has 0 unspecified atom stereocenters. The largest absolute Gasteiger partial charge is 0.355 e. The van der Waals surface area contributed by atoms with E-state index in [2.05, 4.69) is 29.4 Å². The Morgan fingerprint density at radius 3 is 2.33 bits per heavy atom.